The molecule has 2 heterocycles. The Morgan fingerprint density at radius 1 is 1.45 bits per heavy atom. The molecule has 0 saturated heterocycles. The second-order valence-electron chi connectivity index (χ2n) is 4.84. The van der Waals surface area contributed by atoms with Gasteiger partial charge in [-0.1, -0.05) is 18.2 Å². The molecule has 1 aliphatic heterocycles. The van der Waals surface area contributed by atoms with Crippen molar-refractivity contribution in [1.29, 1.82) is 0 Å². The van der Waals surface area contributed by atoms with Crippen molar-refractivity contribution in [2.45, 2.75) is 19.9 Å². The maximum atomic E-state index is 12.5. The summed E-state index contributed by atoms with van der Waals surface area (Å²) in [6.45, 7) is 3.98. The summed E-state index contributed by atoms with van der Waals surface area (Å²) < 4.78 is 8.01. The highest BCUT2D eigenvalue weighted by Gasteiger charge is 2.35. The average molecular weight is 410 g/mol. The molecule has 1 aromatic carbocycles. The molecule has 0 spiro atoms. The summed E-state index contributed by atoms with van der Waals surface area (Å²) in [4.78, 5) is 16.7. The van der Waals surface area contributed by atoms with Crippen LogP contribution in [0.5, 0.6) is 0 Å². The molecule has 0 bridgehead atoms. The topological polar surface area (TPSA) is 69.0 Å². The summed E-state index contributed by atoms with van der Waals surface area (Å²) >= 11 is 2.26. The van der Waals surface area contributed by atoms with Crippen molar-refractivity contribution in [2.75, 3.05) is 11.9 Å². The Hall–Kier alpha value is -1.90. The van der Waals surface area contributed by atoms with Crippen LogP contribution in [0.1, 0.15) is 25.5 Å². The molecule has 114 valence electrons. The van der Waals surface area contributed by atoms with Gasteiger partial charge in [0.2, 0.25) is 5.95 Å². The SMILES string of the molecule is CCOC(=O)C1=C(C)Nc2ncnn2[C@@H]1c1ccccc1I. The third-order valence-corrected chi connectivity index (χ3v) is 4.47. The molecule has 1 aromatic heterocycles. The third kappa shape index (κ3) is 2.49. The molecule has 0 radical (unpaired) electrons. The lowest BCUT2D eigenvalue weighted by atomic mass is 9.96. The van der Waals surface area contributed by atoms with Gasteiger partial charge >= 0.3 is 5.97 Å². The Balaban J connectivity index is 2.18. The lowest BCUT2D eigenvalue weighted by molar-refractivity contribution is -0.139. The van der Waals surface area contributed by atoms with Crippen molar-refractivity contribution < 1.29 is 9.53 Å². The van der Waals surface area contributed by atoms with E-state index >= 15 is 0 Å². The van der Waals surface area contributed by atoms with E-state index in [0.717, 1.165) is 14.8 Å². The van der Waals surface area contributed by atoms with Gasteiger partial charge in [-0.3, -0.25) is 0 Å². The zero-order valence-electron chi connectivity index (χ0n) is 12.2. The molecule has 3 rings (SSSR count). The number of fused-ring (bicyclic) bond motifs is 1. The Kier molecular flexibility index (Phi) is 4.14. The maximum absolute atomic E-state index is 12.5. The molecule has 1 atom stereocenters. The van der Waals surface area contributed by atoms with Gasteiger partial charge in [-0.2, -0.15) is 10.1 Å². The largest absolute Gasteiger partial charge is 0.463 e. The normalized spacial score (nSPS) is 17.0. The number of esters is 1. The molecule has 0 fully saturated rings. The van der Waals surface area contributed by atoms with Crippen LogP contribution < -0.4 is 5.32 Å². The van der Waals surface area contributed by atoms with Crippen molar-refractivity contribution in [2.24, 2.45) is 0 Å². The number of halogens is 1. The molecule has 2 aromatic rings. The first-order valence-corrected chi connectivity index (χ1v) is 8.00. The molecule has 0 unspecified atom stereocenters. The number of carbonyl (C=O) groups excluding carboxylic acids is 1. The van der Waals surface area contributed by atoms with E-state index in [9.17, 15) is 4.79 Å². The molecule has 22 heavy (non-hydrogen) atoms. The van der Waals surface area contributed by atoms with Gasteiger partial charge in [0.05, 0.1) is 12.2 Å². The fourth-order valence-electron chi connectivity index (χ4n) is 2.55. The lowest BCUT2D eigenvalue weighted by Gasteiger charge is -2.28. The summed E-state index contributed by atoms with van der Waals surface area (Å²) in [6.07, 6.45) is 1.48. The average Bonchev–Trinajstić information content (AvgIpc) is 2.94. The number of aromatic nitrogens is 3. The van der Waals surface area contributed by atoms with E-state index in [1.54, 1.807) is 11.6 Å². The summed E-state index contributed by atoms with van der Waals surface area (Å²) in [5, 5.41) is 7.39. The number of hydrogen-bond donors (Lipinski definition) is 1. The number of hydrogen-bond acceptors (Lipinski definition) is 5. The molecule has 6 nitrogen and oxygen atoms in total. The lowest BCUT2D eigenvalue weighted by Crippen LogP contribution is -2.30. The summed E-state index contributed by atoms with van der Waals surface area (Å²) in [7, 11) is 0. The number of carbonyl (C=O) groups is 1. The molecule has 1 N–H and O–H groups in total. The number of nitrogens with one attached hydrogen (secondary N) is 1. The van der Waals surface area contributed by atoms with Crippen LogP contribution in [0.2, 0.25) is 0 Å². The predicted octanol–water partition coefficient (Wildman–Crippen LogP) is 2.73. The van der Waals surface area contributed by atoms with Crippen LogP contribution in [-0.4, -0.2) is 27.3 Å². The number of allylic oxidation sites excluding steroid dienone is 1. The standard InChI is InChI=1S/C15H15IN4O2/c1-3-22-14(21)12-9(2)19-15-17-8-18-20(15)13(12)10-6-4-5-7-11(10)16/h4-8,13H,3H2,1-2H3,(H,17,18,19)/t13-/m1/s1. The van der Waals surface area contributed by atoms with E-state index in [2.05, 4.69) is 38.0 Å². The summed E-state index contributed by atoms with van der Waals surface area (Å²) in [6, 6.07) is 7.58. The second kappa shape index (κ2) is 6.07. The van der Waals surface area contributed by atoms with Crippen LogP contribution in [0.4, 0.5) is 5.95 Å². The Morgan fingerprint density at radius 2 is 2.23 bits per heavy atom. The van der Waals surface area contributed by atoms with Crippen molar-refractivity contribution in [3.05, 3.63) is 51.0 Å². The quantitative estimate of drug-likeness (QED) is 0.623. The molecular weight excluding hydrogens is 395 g/mol. The van der Waals surface area contributed by atoms with Crippen LogP contribution >= 0.6 is 22.6 Å². The van der Waals surface area contributed by atoms with Gasteiger partial charge in [-0.25, -0.2) is 9.48 Å². The number of nitrogens with zero attached hydrogens (tertiary/aromatic N) is 3. The van der Waals surface area contributed by atoms with Crippen molar-refractivity contribution in [3.63, 3.8) is 0 Å². The van der Waals surface area contributed by atoms with E-state index in [-0.39, 0.29) is 12.0 Å². The first kappa shape index (κ1) is 15.0. The summed E-state index contributed by atoms with van der Waals surface area (Å²) in [5.74, 6) is 0.286. The van der Waals surface area contributed by atoms with Gasteiger partial charge in [-0.15, -0.1) is 0 Å². The molecule has 0 amide bonds. The fraction of sp³-hybridized carbons (Fsp3) is 0.267. The Labute approximate surface area is 141 Å². The van der Waals surface area contributed by atoms with Crippen molar-refractivity contribution in [1.82, 2.24) is 14.8 Å². The third-order valence-electron chi connectivity index (χ3n) is 3.49. The molecule has 1 aliphatic rings. The van der Waals surface area contributed by atoms with Crippen LogP contribution in [0.15, 0.2) is 41.9 Å². The molecule has 0 saturated carbocycles. The number of rotatable bonds is 3. The Morgan fingerprint density at radius 3 is 2.95 bits per heavy atom. The summed E-state index contributed by atoms with van der Waals surface area (Å²) in [5.41, 5.74) is 2.30. The van der Waals surface area contributed by atoms with Crippen LogP contribution in [0.25, 0.3) is 0 Å². The monoisotopic (exact) mass is 410 g/mol. The van der Waals surface area contributed by atoms with E-state index in [1.807, 2.05) is 31.2 Å². The smallest absolute Gasteiger partial charge is 0.338 e. The van der Waals surface area contributed by atoms with E-state index in [0.29, 0.717) is 18.1 Å². The van der Waals surface area contributed by atoms with Crippen LogP contribution in [0, 0.1) is 3.57 Å². The highest BCUT2D eigenvalue weighted by atomic mass is 127. The zero-order chi connectivity index (χ0) is 15.7. The minimum absolute atomic E-state index is 0.332. The highest BCUT2D eigenvalue weighted by molar-refractivity contribution is 14.1. The number of ether oxygens (including phenoxy) is 1. The van der Waals surface area contributed by atoms with E-state index < -0.39 is 0 Å². The first-order chi connectivity index (χ1) is 10.6. The van der Waals surface area contributed by atoms with E-state index in [4.69, 9.17) is 4.74 Å². The molecule has 0 aliphatic carbocycles. The predicted molar refractivity (Wildman–Crippen MR) is 90.3 cm³/mol. The minimum Gasteiger partial charge on any atom is -0.463 e. The maximum Gasteiger partial charge on any atom is 0.338 e. The number of anilines is 1. The second-order valence-corrected chi connectivity index (χ2v) is 6.00. The van der Waals surface area contributed by atoms with Crippen LogP contribution in [-0.2, 0) is 9.53 Å². The van der Waals surface area contributed by atoms with Gasteiger partial charge in [0.15, 0.2) is 0 Å². The van der Waals surface area contributed by atoms with Gasteiger partial charge < -0.3 is 10.1 Å². The molecular formula is C15H15IN4O2. The zero-order valence-corrected chi connectivity index (χ0v) is 14.4. The fourth-order valence-corrected chi connectivity index (χ4v) is 3.23. The van der Waals surface area contributed by atoms with Gasteiger partial charge in [0, 0.05) is 9.27 Å². The van der Waals surface area contributed by atoms with Crippen molar-refractivity contribution in [3.8, 4) is 0 Å². The first-order valence-electron chi connectivity index (χ1n) is 6.92. The molecule has 7 heteroatoms. The van der Waals surface area contributed by atoms with Gasteiger partial charge in [-0.05, 0) is 48.1 Å². The van der Waals surface area contributed by atoms with Gasteiger partial charge in [0.1, 0.15) is 12.4 Å². The Bertz CT molecular complexity index is 754. The number of benzene rings is 1. The van der Waals surface area contributed by atoms with E-state index in [1.165, 1.54) is 6.33 Å². The minimum atomic E-state index is -0.342. The van der Waals surface area contributed by atoms with Crippen molar-refractivity contribution >= 4 is 34.5 Å². The van der Waals surface area contributed by atoms with Gasteiger partial charge in [0.25, 0.3) is 0 Å². The van der Waals surface area contributed by atoms with Crippen LogP contribution in [0.3, 0.4) is 0 Å². The highest BCUT2D eigenvalue weighted by Crippen LogP contribution is 2.36.